The van der Waals surface area contributed by atoms with Gasteiger partial charge in [-0.1, -0.05) is 0 Å². The number of carbonyl (C=O) groups is 3. The molecule has 3 saturated heterocycles. The third-order valence-corrected chi connectivity index (χ3v) is 7.30. The lowest BCUT2D eigenvalue weighted by molar-refractivity contribution is -0.351. The van der Waals surface area contributed by atoms with Crippen molar-refractivity contribution in [2.75, 3.05) is 19.8 Å². The van der Waals surface area contributed by atoms with Crippen LogP contribution in [-0.4, -0.2) is 170 Å². The van der Waals surface area contributed by atoms with Crippen LogP contribution in [0.5, 0.6) is 0 Å². The van der Waals surface area contributed by atoms with Crippen LogP contribution >= 0.6 is 0 Å². The van der Waals surface area contributed by atoms with E-state index in [9.17, 15) is 55.2 Å². The van der Waals surface area contributed by atoms with Crippen LogP contribution in [0.4, 0.5) is 0 Å². The third kappa shape index (κ3) is 8.14. The van der Waals surface area contributed by atoms with Crippen molar-refractivity contribution in [3.05, 3.63) is 0 Å². The number of carbonyl (C=O) groups excluding carboxylic acids is 3. The Labute approximate surface area is 245 Å². The lowest BCUT2D eigenvalue weighted by Gasteiger charge is -2.49. The van der Waals surface area contributed by atoms with Gasteiger partial charge in [-0.3, -0.25) is 14.4 Å². The molecule has 43 heavy (non-hydrogen) atoms. The fourth-order valence-electron chi connectivity index (χ4n) is 5.28. The highest BCUT2D eigenvalue weighted by molar-refractivity contribution is 5.74. The summed E-state index contributed by atoms with van der Waals surface area (Å²) in [5.74, 6) is -1.96. The first-order valence-electron chi connectivity index (χ1n) is 13.5. The fourth-order valence-corrected chi connectivity index (χ4v) is 5.28. The topological polar surface area (TPSA) is 295 Å². The molecule has 0 aromatic heterocycles. The normalized spacial score (nSPS) is 43.5. The maximum atomic E-state index is 12.1. The van der Waals surface area contributed by atoms with Gasteiger partial charge in [0.05, 0.1) is 19.8 Å². The van der Waals surface area contributed by atoms with Gasteiger partial charge >= 0.3 is 0 Å². The van der Waals surface area contributed by atoms with Gasteiger partial charge in [-0.05, 0) is 0 Å². The number of nitrogens with one attached hydrogen (secondary N) is 3. The number of ether oxygens (including phenoxy) is 5. The van der Waals surface area contributed by atoms with Gasteiger partial charge in [-0.25, -0.2) is 0 Å². The molecular weight excluding hydrogens is 589 g/mol. The van der Waals surface area contributed by atoms with Crippen molar-refractivity contribution in [3.63, 3.8) is 0 Å². The van der Waals surface area contributed by atoms with Crippen LogP contribution in [0.2, 0.25) is 0 Å². The summed E-state index contributed by atoms with van der Waals surface area (Å²) in [4.78, 5) is 35.5. The summed E-state index contributed by atoms with van der Waals surface area (Å²) in [5, 5.41) is 90.0. The summed E-state index contributed by atoms with van der Waals surface area (Å²) in [6, 6.07) is -4.31. The van der Waals surface area contributed by atoms with Crippen molar-refractivity contribution < 1.29 is 78.9 Å². The van der Waals surface area contributed by atoms with Gasteiger partial charge in [-0.15, -0.1) is 0 Å². The molecule has 0 radical (unpaired) electrons. The van der Waals surface area contributed by atoms with Crippen LogP contribution in [0, 0.1) is 0 Å². The van der Waals surface area contributed by atoms with E-state index in [2.05, 4.69) is 16.0 Å². The molecule has 0 bridgehead atoms. The molecule has 19 heteroatoms. The second-order valence-corrected chi connectivity index (χ2v) is 10.5. The van der Waals surface area contributed by atoms with E-state index in [0.717, 1.165) is 20.8 Å². The van der Waals surface area contributed by atoms with Gasteiger partial charge in [0.1, 0.15) is 73.1 Å². The standard InChI is InChI=1S/C24H41N3O16/c1-7(31)25-13-18(36)20(11(5-29)39-22(13)38)42-24-15(27-9(3)33)19(37)21(12(6-30)41-24)43-23-14(26-8(2)32)17(35)16(34)10(4-28)40-23/h10-24,28-30,34-38H,4-6H2,1-3H3,(H,25,31)(H,26,32)(H,27,33)/i7+1,8+1,9+1. The zero-order chi connectivity index (χ0) is 32.2. The Morgan fingerprint density at radius 2 is 0.930 bits per heavy atom. The van der Waals surface area contributed by atoms with Gasteiger partial charge in [0.25, 0.3) is 0 Å². The Kier molecular flexibility index (Phi) is 12.5. The van der Waals surface area contributed by atoms with Crippen molar-refractivity contribution in [1.29, 1.82) is 0 Å². The van der Waals surface area contributed by atoms with Crippen LogP contribution < -0.4 is 16.0 Å². The van der Waals surface area contributed by atoms with Crippen LogP contribution in [0.3, 0.4) is 0 Å². The smallest absolute Gasteiger partial charge is 0.217 e. The Morgan fingerprint density at radius 1 is 0.558 bits per heavy atom. The van der Waals surface area contributed by atoms with Crippen molar-refractivity contribution in [3.8, 4) is 0 Å². The molecule has 3 aliphatic heterocycles. The third-order valence-electron chi connectivity index (χ3n) is 7.30. The molecule has 3 heterocycles. The number of amides is 3. The van der Waals surface area contributed by atoms with E-state index in [1.807, 2.05) is 0 Å². The van der Waals surface area contributed by atoms with E-state index in [0.29, 0.717) is 0 Å². The quantitative estimate of drug-likeness (QED) is 0.0999. The van der Waals surface area contributed by atoms with Crippen molar-refractivity contribution in [1.82, 2.24) is 16.0 Å². The molecule has 15 unspecified atom stereocenters. The Bertz CT molecular complexity index is 962. The van der Waals surface area contributed by atoms with Crippen LogP contribution in [0.25, 0.3) is 0 Å². The highest BCUT2D eigenvalue weighted by Gasteiger charge is 2.54. The number of rotatable bonds is 10. The largest absolute Gasteiger partial charge is 0.394 e. The summed E-state index contributed by atoms with van der Waals surface area (Å²) in [6.45, 7) is 0.995. The molecule has 0 aromatic rings. The number of aliphatic hydroxyl groups is 8. The molecule has 15 atom stereocenters. The molecule has 11 N–H and O–H groups in total. The van der Waals surface area contributed by atoms with Gasteiger partial charge in [-0.2, -0.15) is 0 Å². The maximum absolute atomic E-state index is 12.1. The summed E-state index contributed by atoms with van der Waals surface area (Å²) in [5.41, 5.74) is 0. The Morgan fingerprint density at radius 3 is 1.37 bits per heavy atom. The van der Waals surface area contributed by atoms with E-state index in [4.69, 9.17) is 23.7 Å². The van der Waals surface area contributed by atoms with Crippen LogP contribution in [0.15, 0.2) is 0 Å². The molecule has 3 aliphatic rings. The minimum absolute atomic E-state index is 0.628. The average Bonchev–Trinajstić information content (AvgIpc) is 2.94. The van der Waals surface area contributed by atoms with Crippen LogP contribution in [0.1, 0.15) is 20.8 Å². The maximum Gasteiger partial charge on any atom is 0.217 e. The predicted molar refractivity (Wildman–Crippen MR) is 136 cm³/mol. The first kappa shape index (κ1) is 35.4. The first-order chi connectivity index (χ1) is 20.2. The van der Waals surface area contributed by atoms with E-state index >= 15 is 0 Å². The highest BCUT2D eigenvalue weighted by atomic mass is 16.7. The summed E-state index contributed by atoms with van der Waals surface area (Å²) in [6.07, 6.45) is -19.0. The van der Waals surface area contributed by atoms with E-state index < -0.39 is 129 Å². The van der Waals surface area contributed by atoms with Crippen molar-refractivity contribution in [2.24, 2.45) is 0 Å². The van der Waals surface area contributed by atoms with E-state index in [1.54, 1.807) is 0 Å². The van der Waals surface area contributed by atoms with Gasteiger partial charge in [0.15, 0.2) is 18.9 Å². The van der Waals surface area contributed by atoms with Crippen molar-refractivity contribution in [2.45, 2.75) is 113 Å². The predicted octanol–water partition coefficient (Wildman–Crippen LogP) is -7.14. The second kappa shape index (κ2) is 15.3. The molecular formula is C24H41N3O16. The zero-order valence-electron chi connectivity index (χ0n) is 23.6. The SMILES string of the molecule is C[13C](=O)NC1C(O)OC(CO)C(OC2OC(CO)C(OC3OC(CO)C(O)C(O)C3N[13C](C)=O)C(O)C2N[13C](C)=O)C1O. The van der Waals surface area contributed by atoms with E-state index in [-0.39, 0.29) is 0 Å². The Hall–Kier alpha value is -2.11. The molecule has 3 fully saturated rings. The lowest BCUT2D eigenvalue weighted by atomic mass is 9.94. The summed E-state index contributed by atoms with van der Waals surface area (Å²) in [7, 11) is 0. The van der Waals surface area contributed by atoms with Crippen LogP contribution in [-0.2, 0) is 38.1 Å². The Balaban J connectivity index is 1.89. The van der Waals surface area contributed by atoms with Crippen molar-refractivity contribution >= 4 is 17.7 Å². The number of hydrogen-bond donors (Lipinski definition) is 11. The molecule has 3 amide bonds. The molecule has 3 rings (SSSR count). The van der Waals surface area contributed by atoms with Gasteiger partial charge < -0.3 is 80.5 Å². The monoisotopic (exact) mass is 630 g/mol. The van der Waals surface area contributed by atoms with Gasteiger partial charge in [0.2, 0.25) is 17.7 Å². The summed E-state index contributed by atoms with van der Waals surface area (Å²) >= 11 is 0. The highest BCUT2D eigenvalue weighted by Crippen LogP contribution is 2.32. The summed E-state index contributed by atoms with van der Waals surface area (Å²) < 4.78 is 28.3. The molecule has 0 saturated carbocycles. The minimum Gasteiger partial charge on any atom is -0.394 e. The molecule has 0 aliphatic carbocycles. The molecule has 0 aromatic carbocycles. The lowest BCUT2D eigenvalue weighted by Crippen LogP contribution is -2.71. The first-order valence-corrected chi connectivity index (χ1v) is 13.5. The second-order valence-electron chi connectivity index (χ2n) is 10.5. The number of hydrogen-bond acceptors (Lipinski definition) is 16. The zero-order valence-corrected chi connectivity index (χ0v) is 23.6. The molecule has 19 nitrogen and oxygen atoms in total. The molecule has 248 valence electrons. The fraction of sp³-hybridized carbons (Fsp3) is 0.875. The number of aliphatic hydroxyl groups excluding tert-OH is 8. The molecule has 0 spiro atoms. The van der Waals surface area contributed by atoms with Gasteiger partial charge in [0, 0.05) is 20.8 Å². The van der Waals surface area contributed by atoms with E-state index in [1.165, 1.54) is 0 Å². The average molecular weight is 631 g/mol. The minimum atomic E-state index is -1.77.